The summed E-state index contributed by atoms with van der Waals surface area (Å²) in [5.74, 6) is 0.290. The van der Waals surface area contributed by atoms with Crippen molar-refractivity contribution in [3.05, 3.63) is 58.7 Å². The van der Waals surface area contributed by atoms with Crippen molar-refractivity contribution in [3.8, 4) is 16.9 Å². The number of hydrogen-bond donors (Lipinski definition) is 0. The number of esters is 1. The summed E-state index contributed by atoms with van der Waals surface area (Å²) >= 11 is 0. The number of benzene rings is 2. The van der Waals surface area contributed by atoms with Gasteiger partial charge in [0.15, 0.2) is 6.79 Å². The van der Waals surface area contributed by atoms with E-state index < -0.39 is 0 Å². The molecular formula is C28H36O4. The molecule has 4 heteroatoms. The largest absolute Gasteiger partial charge is 0.467 e. The van der Waals surface area contributed by atoms with E-state index >= 15 is 0 Å². The lowest BCUT2D eigenvalue weighted by molar-refractivity contribution is -0.137. The van der Waals surface area contributed by atoms with Crippen molar-refractivity contribution in [1.82, 2.24) is 0 Å². The smallest absolute Gasteiger partial charge is 0.330 e. The molecule has 1 aliphatic carbocycles. The average Bonchev–Trinajstić information content (AvgIpc) is 2.74. The molecule has 0 amide bonds. The molecule has 2 aromatic carbocycles. The number of hydrogen-bond acceptors (Lipinski definition) is 4. The van der Waals surface area contributed by atoms with Gasteiger partial charge in [-0.15, -0.1) is 0 Å². The molecule has 32 heavy (non-hydrogen) atoms. The van der Waals surface area contributed by atoms with Crippen molar-refractivity contribution >= 4 is 12.0 Å². The van der Waals surface area contributed by atoms with Crippen LogP contribution in [0.5, 0.6) is 5.75 Å². The van der Waals surface area contributed by atoms with E-state index in [2.05, 4.69) is 58.9 Å². The van der Waals surface area contributed by atoms with Gasteiger partial charge in [0.05, 0.1) is 6.61 Å². The number of ether oxygens (including phenoxy) is 3. The fourth-order valence-electron chi connectivity index (χ4n) is 4.48. The second-order valence-electron chi connectivity index (χ2n) is 9.87. The van der Waals surface area contributed by atoms with Gasteiger partial charge in [0.25, 0.3) is 0 Å². The van der Waals surface area contributed by atoms with Crippen molar-refractivity contribution in [2.24, 2.45) is 0 Å². The lowest BCUT2D eigenvalue weighted by Gasteiger charge is -2.42. The van der Waals surface area contributed by atoms with E-state index in [9.17, 15) is 4.79 Å². The van der Waals surface area contributed by atoms with Crippen LogP contribution in [0.2, 0.25) is 0 Å². The third-order valence-corrected chi connectivity index (χ3v) is 6.54. The Morgan fingerprint density at radius 1 is 1.03 bits per heavy atom. The minimum absolute atomic E-state index is 0.140. The third-order valence-electron chi connectivity index (χ3n) is 6.54. The van der Waals surface area contributed by atoms with Gasteiger partial charge in [0.2, 0.25) is 0 Å². The van der Waals surface area contributed by atoms with Crippen LogP contribution < -0.4 is 4.74 Å². The summed E-state index contributed by atoms with van der Waals surface area (Å²) in [5, 5.41) is 0. The topological polar surface area (TPSA) is 44.8 Å². The zero-order chi connectivity index (χ0) is 23.5. The van der Waals surface area contributed by atoms with Gasteiger partial charge >= 0.3 is 5.97 Å². The number of rotatable bonds is 7. The molecular weight excluding hydrogens is 400 g/mol. The average molecular weight is 437 g/mol. The molecule has 0 fully saturated rings. The molecule has 0 atom stereocenters. The molecule has 0 saturated carbocycles. The molecule has 0 aliphatic heterocycles. The molecule has 0 N–H and O–H groups in total. The molecule has 0 aromatic heterocycles. The Hall–Kier alpha value is -2.59. The van der Waals surface area contributed by atoms with Gasteiger partial charge in [-0.05, 0) is 83.5 Å². The SMILES string of the molecule is CCOC(=O)C=Cc1cc(-c2cc3c(cc2C)C(C)(C)CCC3(C)C)ccc1OCOC. The van der Waals surface area contributed by atoms with Crippen molar-refractivity contribution in [2.45, 2.75) is 65.2 Å². The van der Waals surface area contributed by atoms with Crippen LogP contribution in [0.15, 0.2) is 36.4 Å². The minimum atomic E-state index is -0.371. The van der Waals surface area contributed by atoms with Gasteiger partial charge in [0, 0.05) is 18.7 Å². The van der Waals surface area contributed by atoms with E-state index in [1.807, 2.05) is 6.07 Å². The van der Waals surface area contributed by atoms with Gasteiger partial charge in [0.1, 0.15) is 5.75 Å². The molecule has 3 rings (SSSR count). The highest BCUT2D eigenvalue weighted by Crippen LogP contribution is 2.47. The summed E-state index contributed by atoms with van der Waals surface area (Å²) in [6.07, 6.45) is 5.55. The van der Waals surface area contributed by atoms with Crippen molar-refractivity contribution < 1.29 is 19.0 Å². The van der Waals surface area contributed by atoms with Crippen LogP contribution in [-0.2, 0) is 25.1 Å². The fourth-order valence-corrected chi connectivity index (χ4v) is 4.48. The summed E-state index contributed by atoms with van der Waals surface area (Å²) in [4.78, 5) is 11.9. The first-order valence-corrected chi connectivity index (χ1v) is 11.4. The highest BCUT2D eigenvalue weighted by Gasteiger charge is 2.37. The monoisotopic (exact) mass is 436 g/mol. The van der Waals surface area contributed by atoms with Crippen LogP contribution in [0.4, 0.5) is 0 Å². The maximum Gasteiger partial charge on any atom is 0.330 e. The van der Waals surface area contributed by atoms with Gasteiger partial charge in [-0.1, -0.05) is 45.9 Å². The van der Waals surface area contributed by atoms with E-state index in [-0.39, 0.29) is 23.6 Å². The number of carbonyl (C=O) groups excluding carboxylic acids is 1. The molecule has 0 spiro atoms. The summed E-state index contributed by atoms with van der Waals surface area (Å²) in [5.41, 5.74) is 7.57. The molecule has 172 valence electrons. The van der Waals surface area contributed by atoms with Crippen molar-refractivity contribution in [1.29, 1.82) is 0 Å². The highest BCUT2D eigenvalue weighted by molar-refractivity contribution is 5.88. The lowest BCUT2D eigenvalue weighted by Crippen LogP contribution is -2.34. The fraction of sp³-hybridized carbons (Fsp3) is 0.464. The Morgan fingerprint density at radius 2 is 1.69 bits per heavy atom. The molecule has 0 bridgehead atoms. The van der Waals surface area contributed by atoms with Crippen LogP contribution in [0.25, 0.3) is 17.2 Å². The van der Waals surface area contributed by atoms with E-state index in [4.69, 9.17) is 14.2 Å². The number of methoxy groups -OCH3 is 1. The molecule has 0 unspecified atom stereocenters. The quantitative estimate of drug-likeness (QED) is 0.280. The standard InChI is InChI=1S/C28H36O4/c1-8-31-26(29)12-10-21-16-20(9-11-25(21)32-18-30-7)22-17-24-23(15-19(22)2)27(3,4)13-14-28(24,5)6/h9-12,15-17H,8,13-14,18H2,1-7H3. The molecule has 0 radical (unpaired) electrons. The molecule has 2 aromatic rings. The normalized spacial score (nSPS) is 16.6. The third kappa shape index (κ3) is 5.07. The Balaban J connectivity index is 2.09. The summed E-state index contributed by atoms with van der Waals surface area (Å²) in [7, 11) is 1.59. The van der Waals surface area contributed by atoms with Crippen LogP contribution in [0.1, 0.15) is 69.7 Å². The first kappa shape index (κ1) is 24.1. The Labute approximate surface area is 192 Å². The predicted molar refractivity (Wildman–Crippen MR) is 130 cm³/mol. The number of fused-ring (bicyclic) bond motifs is 1. The molecule has 4 nitrogen and oxygen atoms in total. The van der Waals surface area contributed by atoms with E-state index in [0.29, 0.717) is 12.4 Å². The number of aryl methyl sites for hydroxylation is 1. The Bertz CT molecular complexity index is 1010. The second-order valence-corrected chi connectivity index (χ2v) is 9.87. The molecule has 0 saturated heterocycles. The molecule has 1 aliphatic rings. The highest BCUT2D eigenvalue weighted by atomic mass is 16.7. The van der Waals surface area contributed by atoms with Gasteiger partial charge < -0.3 is 14.2 Å². The zero-order valence-corrected chi connectivity index (χ0v) is 20.5. The van der Waals surface area contributed by atoms with Crippen LogP contribution in [-0.4, -0.2) is 26.5 Å². The number of carbonyl (C=O) groups is 1. The second kappa shape index (κ2) is 9.50. The van der Waals surface area contributed by atoms with Gasteiger partial charge in [-0.3, -0.25) is 0 Å². The summed E-state index contributed by atoms with van der Waals surface area (Å²) in [6.45, 7) is 13.8. The van der Waals surface area contributed by atoms with E-state index in [1.54, 1.807) is 20.1 Å². The first-order chi connectivity index (χ1) is 15.1. The van der Waals surface area contributed by atoms with E-state index in [0.717, 1.165) is 11.1 Å². The van der Waals surface area contributed by atoms with Gasteiger partial charge in [-0.2, -0.15) is 0 Å². The van der Waals surface area contributed by atoms with Crippen LogP contribution in [0.3, 0.4) is 0 Å². The Kier molecular flexibility index (Phi) is 7.14. The minimum Gasteiger partial charge on any atom is -0.467 e. The first-order valence-electron chi connectivity index (χ1n) is 11.4. The van der Waals surface area contributed by atoms with Crippen molar-refractivity contribution in [2.75, 3.05) is 20.5 Å². The van der Waals surface area contributed by atoms with Crippen molar-refractivity contribution in [3.63, 3.8) is 0 Å². The maximum atomic E-state index is 11.9. The lowest BCUT2D eigenvalue weighted by atomic mass is 9.62. The van der Waals surface area contributed by atoms with Crippen LogP contribution >= 0.6 is 0 Å². The predicted octanol–water partition coefficient (Wildman–Crippen LogP) is 6.57. The maximum absolute atomic E-state index is 11.9. The summed E-state index contributed by atoms with van der Waals surface area (Å²) in [6, 6.07) is 10.8. The van der Waals surface area contributed by atoms with E-state index in [1.165, 1.54) is 41.2 Å². The van der Waals surface area contributed by atoms with Gasteiger partial charge in [-0.25, -0.2) is 4.79 Å². The van der Waals surface area contributed by atoms with Crippen LogP contribution in [0, 0.1) is 6.92 Å². The zero-order valence-electron chi connectivity index (χ0n) is 20.5. The molecule has 0 heterocycles. The summed E-state index contributed by atoms with van der Waals surface area (Å²) < 4.78 is 15.8. The Morgan fingerprint density at radius 3 is 2.31 bits per heavy atom.